The number of aliphatic hydroxyl groups is 1. The van der Waals surface area contributed by atoms with Gasteiger partial charge in [0.1, 0.15) is 18.1 Å². The molecular formula is C24H36N8O6S. The molecule has 0 bridgehead atoms. The second-order valence-corrected chi connectivity index (χ2v) is 9.35. The van der Waals surface area contributed by atoms with Gasteiger partial charge in [0.25, 0.3) is 0 Å². The lowest BCUT2D eigenvalue weighted by Crippen LogP contribution is -2.60. The molecule has 15 heteroatoms. The van der Waals surface area contributed by atoms with Crippen LogP contribution in [0.15, 0.2) is 35.5 Å². The fraction of sp³-hybridized carbons (Fsp3) is 0.458. The minimum Gasteiger partial charge on any atom is -0.480 e. The van der Waals surface area contributed by atoms with Crippen LogP contribution in [0.5, 0.6) is 0 Å². The van der Waals surface area contributed by atoms with E-state index in [4.69, 9.17) is 17.2 Å². The Labute approximate surface area is 230 Å². The van der Waals surface area contributed by atoms with Gasteiger partial charge in [-0.05, 0) is 37.8 Å². The number of para-hydroxylation sites is 1. The van der Waals surface area contributed by atoms with Gasteiger partial charge in [-0.15, -0.1) is 0 Å². The molecule has 1 aromatic carbocycles. The number of fused-ring (bicyclic) bond motifs is 1. The highest BCUT2D eigenvalue weighted by atomic mass is 32.1. The van der Waals surface area contributed by atoms with E-state index in [9.17, 15) is 29.4 Å². The third-order valence-electron chi connectivity index (χ3n) is 5.89. The van der Waals surface area contributed by atoms with Crippen LogP contribution in [0, 0.1) is 0 Å². The molecule has 0 aliphatic heterocycles. The third-order valence-corrected chi connectivity index (χ3v) is 6.25. The quantitative estimate of drug-likeness (QED) is 0.0493. The number of carboxylic acid groups (broad SMARTS) is 1. The molecule has 1 aromatic heterocycles. The van der Waals surface area contributed by atoms with Crippen molar-refractivity contribution in [1.29, 1.82) is 0 Å². The number of guanidine groups is 1. The van der Waals surface area contributed by atoms with E-state index < -0.39 is 54.0 Å². The molecule has 2 rings (SSSR count). The third kappa shape index (κ3) is 9.46. The molecular weight excluding hydrogens is 528 g/mol. The summed E-state index contributed by atoms with van der Waals surface area (Å²) < 4.78 is 0. The van der Waals surface area contributed by atoms with Crippen LogP contribution >= 0.6 is 12.6 Å². The van der Waals surface area contributed by atoms with E-state index in [2.05, 4.69) is 38.6 Å². The van der Waals surface area contributed by atoms with Crippen molar-refractivity contribution < 1.29 is 29.4 Å². The molecule has 0 fully saturated rings. The molecule has 2 aromatic rings. The molecule has 3 amide bonds. The zero-order chi connectivity index (χ0) is 29.1. The number of benzene rings is 1. The van der Waals surface area contributed by atoms with Crippen molar-refractivity contribution in [3.63, 3.8) is 0 Å². The maximum absolute atomic E-state index is 13.2. The number of rotatable bonds is 15. The molecule has 14 nitrogen and oxygen atoms in total. The lowest BCUT2D eigenvalue weighted by atomic mass is 10.0. The standard InChI is InChI=1S/C24H36N8O6S/c1-12(33)19(22(36)31-18(11-39)23(37)38)32-21(35)17(7-4-8-28-24(26)27)30-20(34)15(25)9-13-10-29-16-6-3-2-5-14(13)16/h2-3,5-6,10,12,15,17-19,29,33,39H,4,7-9,11,25H2,1H3,(H,30,34)(H,31,36)(H,32,35)(H,37,38)(H4,26,27,28). The topological polar surface area (TPSA) is 251 Å². The largest absolute Gasteiger partial charge is 0.480 e. The molecule has 39 heavy (non-hydrogen) atoms. The minimum absolute atomic E-state index is 0.0801. The van der Waals surface area contributed by atoms with Gasteiger partial charge >= 0.3 is 5.97 Å². The Morgan fingerprint density at radius 3 is 2.33 bits per heavy atom. The number of nitrogens with zero attached hydrogens (tertiary/aromatic N) is 1. The summed E-state index contributed by atoms with van der Waals surface area (Å²) >= 11 is 3.89. The number of amides is 3. The van der Waals surface area contributed by atoms with Crippen LogP contribution in [-0.4, -0.2) is 87.4 Å². The Bertz CT molecular complexity index is 1180. The Morgan fingerprint density at radius 1 is 1.05 bits per heavy atom. The SMILES string of the molecule is CC(O)C(NC(=O)C(CCCN=C(N)N)NC(=O)C(N)Cc1c[nH]c2ccccc12)C(=O)NC(CS)C(=O)O. The Kier molecular flexibility index (Phi) is 12.0. The summed E-state index contributed by atoms with van der Waals surface area (Å²) in [6.07, 6.45) is 0.942. The van der Waals surface area contributed by atoms with Gasteiger partial charge in [0.2, 0.25) is 17.7 Å². The maximum atomic E-state index is 13.2. The van der Waals surface area contributed by atoms with E-state index >= 15 is 0 Å². The molecule has 0 radical (unpaired) electrons. The smallest absolute Gasteiger partial charge is 0.327 e. The van der Waals surface area contributed by atoms with Crippen molar-refractivity contribution >= 4 is 53.2 Å². The van der Waals surface area contributed by atoms with E-state index in [1.54, 1.807) is 6.20 Å². The molecule has 0 aliphatic rings. The predicted octanol–water partition coefficient (Wildman–Crippen LogP) is -2.06. The van der Waals surface area contributed by atoms with Gasteiger partial charge in [-0.25, -0.2) is 4.79 Å². The van der Waals surface area contributed by atoms with Crippen LogP contribution in [0.2, 0.25) is 0 Å². The average Bonchev–Trinajstić information content (AvgIpc) is 3.29. The summed E-state index contributed by atoms with van der Waals surface area (Å²) in [5, 5.41) is 27.4. The van der Waals surface area contributed by atoms with Crippen molar-refractivity contribution in [2.45, 2.75) is 56.5 Å². The van der Waals surface area contributed by atoms with E-state index in [-0.39, 0.29) is 31.1 Å². The second kappa shape index (κ2) is 14.9. The number of aromatic nitrogens is 1. The number of thiol groups is 1. The number of carbonyl (C=O) groups excluding carboxylic acids is 3. The molecule has 12 N–H and O–H groups in total. The summed E-state index contributed by atoms with van der Waals surface area (Å²) in [5.41, 5.74) is 18.6. The lowest BCUT2D eigenvalue weighted by molar-refractivity contribution is -0.142. The van der Waals surface area contributed by atoms with Gasteiger partial charge in [0, 0.05) is 29.4 Å². The van der Waals surface area contributed by atoms with Gasteiger partial charge < -0.3 is 48.3 Å². The number of carboxylic acids is 1. The molecule has 0 saturated carbocycles. The number of aliphatic imine (C=N–C) groups is 1. The summed E-state index contributed by atoms with van der Waals surface area (Å²) in [4.78, 5) is 57.0. The highest BCUT2D eigenvalue weighted by Crippen LogP contribution is 2.18. The summed E-state index contributed by atoms with van der Waals surface area (Å²) in [6.45, 7) is 1.43. The summed E-state index contributed by atoms with van der Waals surface area (Å²) in [6, 6.07) is 2.54. The number of aliphatic carboxylic acids is 1. The number of nitrogens with two attached hydrogens (primary N) is 3. The van der Waals surface area contributed by atoms with E-state index in [1.807, 2.05) is 24.3 Å². The Hall–Kier alpha value is -3.82. The highest BCUT2D eigenvalue weighted by Gasteiger charge is 2.32. The van der Waals surface area contributed by atoms with Crippen molar-refractivity contribution in [1.82, 2.24) is 20.9 Å². The first-order valence-electron chi connectivity index (χ1n) is 12.2. The lowest BCUT2D eigenvalue weighted by Gasteiger charge is -2.26. The summed E-state index contributed by atoms with van der Waals surface area (Å²) in [5.74, 6) is -4.00. The van der Waals surface area contributed by atoms with Crippen LogP contribution in [0.1, 0.15) is 25.3 Å². The first-order chi connectivity index (χ1) is 18.4. The van der Waals surface area contributed by atoms with Gasteiger partial charge in [0.15, 0.2) is 5.96 Å². The van der Waals surface area contributed by atoms with Crippen molar-refractivity contribution in [2.75, 3.05) is 12.3 Å². The predicted molar refractivity (Wildman–Crippen MR) is 149 cm³/mol. The molecule has 5 atom stereocenters. The van der Waals surface area contributed by atoms with Gasteiger partial charge in [-0.3, -0.25) is 19.4 Å². The van der Waals surface area contributed by atoms with Gasteiger partial charge in [-0.1, -0.05) is 18.2 Å². The molecule has 0 aliphatic carbocycles. The zero-order valence-corrected chi connectivity index (χ0v) is 22.4. The minimum atomic E-state index is -1.50. The zero-order valence-electron chi connectivity index (χ0n) is 21.5. The molecule has 5 unspecified atom stereocenters. The summed E-state index contributed by atoms with van der Waals surface area (Å²) in [7, 11) is 0. The van der Waals surface area contributed by atoms with E-state index in [0.717, 1.165) is 16.5 Å². The van der Waals surface area contributed by atoms with E-state index in [1.165, 1.54) is 6.92 Å². The van der Waals surface area contributed by atoms with Crippen LogP contribution in [0.4, 0.5) is 0 Å². The average molecular weight is 565 g/mol. The van der Waals surface area contributed by atoms with Crippen molar-refractivity contribution in [2.24, 2.45) is 22.2 Å². The first kappa shape index (κ1) is 31.4. The maximum Gasteiger partial charge on any atom is 0.327 e. The molecule has 0 spiro atoms. The number of H-pyrrole nitrogens is 1. The van der Waals surface area contributed by atoms with Crippen molar-refractivity contribution in [3.05, 3.63) is 36.0 Å². The highest BCUT2D eigenvalue weighted by molar-refractivity contribution is 7.80. The van der Waals surface area contributed by atoms with E-state index in [0.29, 0.717) is 6.42 Å². The normalized spacial score (nSPS) is 14.9. The monoisotopic (exact) mass is 564 g/mol. The van der Waals surface area contributed by atoms with Gasteiger partial charge in [-0.2, -0.15) is 12.6 Å². The van der Waals surface area contributed by atoms with Crippen LogP contribution < -0.4 is 33.2 Å². The molecule has 0 saturated heterocycles. The first-order valence-corrected chi connectivity index (χ1v) is 12.9. The fourth-order valence-corrected chi connectivity index (χ4v) is 4.03. The van der Waals surface area contributed by atoms with Crippen LogP contribution in [0.3, 0.4) is 0 Å². The number of hydrogen-bond acceptors (Lipinski definition) is 8. The number of nitrogens with one attached hydrogen (secondary N) is 4. The number of carbonyl (C=O) groups is 4. The number of aliphatic hydroxyl groups excluding tert-OH is 1. The molecule has 214 valence electrons. The van der Waals surface area contributed by atoms with Crippen LogP contribution in [-0.2, 0) is 25.6 Å². The van der Waals surface area contributed by atoms with Crippen molar-refractivity contribution in [3.8, 4) is 0 Å². The molecule has 1 heterocycles. The fourth-order valence-electron chi connectivity index (χ4n) is 3.79. The number of aromatic amines is 1. The second-order valence-electron chi connectivity index (χ2n) is 8.99. The van der Waals surface area contributed by atoms with Crippen LogP contribution in [0.25, 0.3) is 10.9 Å². The number of hydrogen-bond donors (Lipinski definition) is 10. The van der Waals surface area contributed by atoms with Gasteiger partial charge in [0.05, 0.1) is 12.1 Å². The Morgan fingerprint density at radius 2 is 1.72 bits per heavy atom. The Balaban J connectivity index is 2.14.